The molecule has 2 atom stereocenters. The normalized spacial score (nSPS) is 16.8. The van der Waals surface area contributed by atoms with Crippen LogP contribution in [0, 0.1) is 0 Å². The summed E-state index contributed by atoms with van der Waals surface area (Å²) >= 11 is 0. The lowest BCUT2D eigenvalue weighted by molar-refractivity contribution is 0.240. The summed E-state index contributed by atoms with van der Waals surface area (Å²) in [6.07, 6.45) is 2.39. The summed E-state index contributed by atoms with van der Waals surface area (Å²) in [7, 11) is 0. The summed E-state index contributed by atoms with van der Waals surface area (Å²) in [6, 6.07) is 0.772. The minimum absolute atomic E-state index is 0.230. The molecule has 0 rings (SSSR count). The van der Waals surface area contributed by atoms with Gasteiger partial charge in [0.05, 0.1) is 6.61 Å². The van der Waals surface area contributed by atoms with Crippen LogP contribution in [-0.2, 0) is 0 Å². The molecule has 0 aliphatic heterocycles. The highest BCUT2D eigenvalue weighted by Gasteiger charge is 2.03. The summed E-state index contributed by atoms with van der Waals surface area (Å²) in [6.45, 7) is 6.54. The van der Waals surface area contributed by atoms with Gasteiger partial charge in [-0.3, -0.25) is 0 Å². The summed E-state index contributed by atoms with van der Waals surface area (Å²) < 4.78 is 0. The number of aliphatic hydroxyl groups excluding tert-OH is 1. The van der Waals surface area contributed by atoms with E-state index in [9.17, 15) is 0 Å². The zero-order valence-corrected chi connectivity index (χ0v) is 7.22. The molecule has 0 aromatic carbocycles. The fraction of sp³-hybridized carbons (Fsp3) is 1.00. The van der Waals surface area contributed by atoms with Crippen molar-refractivity contribution in [3.8, 4) is 0 Å². The Labute approximate surface area is 63.6 Å². The first-order chi connectivity index (χ1) is 4.70. The molecule has 62 valence electrons. The van der Waals surface area contributed by atoms with Crippen molar-refractivity contribution < 1.29 is 5.11 Å². The van der Waals surface area contributed by atoms with Gasteiger partial charge in [-0.15, -0.1) is 0 Å². The second-order valence-electron chi connectivity index (χ2n) is 2.94. The molecule has 2 N–H and O–H groups in total. The Morgan fingerprint density at radius 2 is 1.90 bits per heavy atom. The third-order valence-electron chi connectivity index (χ3n) is 1.56. The first-order valence-corrected chi connectivity index (χ1v) is 4.07. The maximum atomic E-state index is 8.69. The van der Waals surface area contributed by atoms with Gasteiger partial charge >= 0.3 is 0 Å². The van der Waals surface area contributed by atoms with E-state index in [1.54, 1.807) is 0 Å². The number of rotatable bonds is 5. The monoisotopic (exact) mass is 145 g/mol. The van der Waals surface area contributed by atoms with Crippen molar-refractivity contribution in [2.24, 2.45) is 0 Å². The molecule has 0 aromatic rings. The van der Waals surface area contributed by atoms with Crippen molar-refractivity contribution in [1.82, 2.24) is 5.32 Å². The summed E-state index contributed by atoms with van der Waals surface area (Å²) in [5.74, 6) is 0. The maximum Gasteiger partial charge on any atom is 0.0582 e. The van der Waals surface area contributed by atoms with Gasteiger partial charge in [-0.2, -0.15) is 0 Å². The zero-order valence-electron chi connectivity index (χ0n) is 7.22. The molecule has 1 unspecified atom stereocenters. The number of hydrogen-bond acceptors (Lipinski definition) is 2. The molecular weight excluding hydrogens is 126 g/mol. The fourth-order valence-electron chi connectivity index (χ4n) is 1.05. The lowest BCUT2D eigenvalue weighted by Crippen LogP contribution is -2.36. The van der Waals surface area contributed by atoms with Gasteiger partial charge in [-0.05, 0) is 20.3 Å². The highest BCUT2D eigenvalue weighted by Crippen LogP contribution is 1.95. The highest BCUT2D eigenvalue weighted by atomic mass is 16.3. The van der Waals surface area contributed by atoms with Crippen molar-refractivity contribution in [3.05, 3.63) is 0 Å². The van der Waals surface area contributed by atoms with Crippen molar-refractivity contribution in [2.75, 3.05) is 6.61 Å². The number of hydrogen-bond donors (Lipinski definition) is 2. The molecule has 0 aliphatic rings. The number of aliphatic hydroxyl groups is 1. The van der Waals surface area contributed by atoms with Crippen molar-refractivity contribution >= 4 is 0 Å². The minimum atomic E-state index is 0.230. The quantitative estimate of drug-likeness (QED) is 0.608. The van der Waals surface area contributed by atoms with E-state index < -0.39 is 0 Å². The molecule has 0 bridgehead atoms. The Morgan fingerprint density at radius 3 is 2.30 bits per heavy atom. The van der Waals surface area contributed by atoms with Crippen LogP contribution in [0.4, 0.5) is 0 Å². The van der Waals surface area contributed by atoms with Gasteiger partial charge in [0.25, 0.3) is 0 Å². The molecule has 0 aliphatic carbocycles. The molecular formula is C8H19NO. The Hall–Kier alpha value is -0.0800. The van der Waals surface area contributed by atoms with Crippen LogP contribution in [0.1, 0.15) is 33.6 Å². The third-order valence-corrected chi connectivity index (χ3v) is 1.56. The van der Waals surface area contributed by atoms with Crippen LogP contribution in [0.15, 0.2) is 0 Å². The highest BCUT2D eigenvalue weighted by molar-refractivity contribution is 4.65. The summed E-state index contributed by atoms with van der Waals surface area (Å²) in [5.41, 5.74) is 0. The fourth-order valence-corrected chi connectivity index (χ4v) is 1.05. The molecule has 10 heavy (non-hydrogen) atoms. The van der Waals surface area contributed by atoms with E-state index >= 15 is 0 Å². The van der Waals surface area contributed by atoms with E-state index in [1.165, 1.54) is 12.8 Å². The Balaban J connectivity index is 3.27. The Morgan fingerprint density at radius 1 is 1.30 bits per heavy atom. The van der Waals surface area contributed by atoms with E-state index in [-0.39, 0.29) is 12.6 Å². The second kappa shape index (κ2) is 5.69. The van der Waals surface area contributed by atoms with Crippen molar-refractivity contribution in [3.63, 3.8) is 0 Å². The van der Waals surface area contributed by atoms with E-state index in [4.69, 9.17) is 5.11 Å². The van der Waals surface area contributed by atoms with Crippen LogP contribution in [-0.4, -0.2) is 23.8 Å². The Bertz CT molecular complexity index is 75.7. The lowest BCUT2D eigenvalue weighted by Gasteiger charge is -2.16. The van der Waals surface area contributed by atoms with Crippen LogP contribution < -0.4 is 5.32 Å². The molecule has 0 radical (unpaired) electrons. The van der Waals surface area contributed by atoms with Crippen LogP contribution in [0.5, 0.6) is 0 Å². The van der Waals surface area contributed by atoms with E-state index in [0.29, 0.717) is 6.04 Å². The topological polar surface area (TPSA) is 32.3 Å². The van der Waals surface area contributed by atoms with Gasteiger partial charge < -0.3 is 10.4 Å². The molecule has 0 saturated heterocycles. The maximum absolute atomic E-state index is 8.69. The standard InChI is InChI=1S/C8H19NO/c1-4-5-7(2)9-8(3)6-10/h7-10H,4-6H2,1-3H3/t7?,8-/m0/s1. The van der Waals surface area contributed by atoms with Gasteiger partial charge in [0, 0.05) is 12.1 Å². The molecule has 0 fully saturated rings. The zero-order chi connectivity index (χ0) is 7.98. The second-order valence-corrected chi connectivity index (χ2v) is 2.94. The van der Waals surface area contributed by atoms with Gasteiger partial charge in [0.1, 0.15) is 0 Å². The molecule has 0 saturated carbocycles. The van der Waals surface area contributed by atoms with Gasteiger partial charge in [-0.25, -0.2) is 0 Å². The van der Waals surface area contributed by atoms with Gasteiger partial charge in [0.15, 0.2) is 0 Å². The number of nitrogens with one attached hydrogen (secondary N) is 1. The Kier molecular flexibility index (Phi) is 5.64. The first kappa shape index (κ1) is 9.92. The molecule has 2 nitrogen and oxygen atoms in total. The summed E-state index contributed by atoms with van der Waals surface area (Å²) in [4.78, 5) is 0. The van der Waals surface area contributed by atoms with E-state index in [1.807, 2.05) is 6.92 Å². The molecule has 0 amide bonds. The summed E-state index contributed by atoms with van der Waals surface area (Å²) in [5, 5.41) is 12.0. The van der Waals surface area contributed by atoms with E-state index in [0.717, 1.165) is 0 Å². The van der Waals surface area contributed by atoms with Crippen LogP contribution in [0.3, 0.4) is 0 Å². The lowest BCUT2D eigenvalue weighted by atomic mass is 10.2. The average molecular weight is 145 g/mol. The predicted molar refractivity (Wildman–Crippen MR) is 44.1 cm³/mol. The van der Waals surface area contributed by atoms with Crippen LogP contribution >= 0.6 is 0 Å². The third kappa shape index (κ3) is 4.77. The molecule has 0 spiro atoms. The largest absolute Gasteiger partial charge is 0.395 e. The van der Waals surface area contributed by atoms with Gasteiger partial charge in [0.2, 0.25) is 0 Å². The first-order valence-electron chi connectivity index (χ1n) is 4.07. The van der Waals surface area contributed by atoms with Crippen LogP contribution in [0.25, 0.3) is 0 Å². The SMILES string of the molecule is CCCC(C)N[C@@H](C)CO. The van der Waals surface area contributed by atoms with Crippen molar-refractivity contribution in [1.29, 1.82) is 0 Å². The average Bonchev–Trinajstić information content (AvgIpc) is 1.88. The van der Waals surface area contributed by atoms with Gasteiger partial charge in [-0.1, -0.05) is 13.3 Å². The smallest absolute Gasteiger partial charge is 0.0582 e. The molecule has 0 heterocycles. The molecule has 0 aromatic heterocycles. The van der Waals surface area contributed by atoms with Crippen molar-refractivity contribution in [2.45, 2.75) is 45.7 Å². The molecule has 2 heteroatoms. The van der Waals surface area contributed by atoms with E-state index in [2.05, 4.69) is 19.2 Å². The van der Waals surface area contributed by atoms with Crippen LogP contribution in [0.2, 0.25) is 0 Å². The minimum Gasteiger partial charge on any atom is -0.395 e. The predicted octanol–water partition coefficient (Wildman–Crippen LogP) is 1.15.